The van der Waals surface area contributed by atoms with Crippen molar-refractivity contribution in [2.45, 2.75) is 24.3 Å². The summed E-state index contributed by atoms with van der Waals surface area (Å²) < 4.78 is 5.59. The van der Waals surface area contributed by atoms with Gasteiger partial charge in [0.2, 0.25) is 5.91 Å². The normalized spacial score (nSPS) is 12.1. The van der Waals surface area contributed by atoms with E-state index in [1.165, 1.54) is 23.1 Å². The Morgan fingerprint density at radius 2 is 2.04 bits per heavy atom. The van der Waals surface area contributed by atoms with E-state index in [1.54, 1.807) is 0 Å². The van der Waals surface area contributed by atoms with E-state index >= 15 is 0 Å². The highest BCUT2D eigenvalue weighted by Gasteiger charge is 2.19. The maximum Gasteiger partial charge on any atom is 0.277 e. The molecule has 5 nitrogen and oxygen atoms in total. The van der Waals surface area contributed by atoms with Gasteiger partial charge in [-0.3, -0.25) is 4.79 Å². The molecule has 118 valence electrons. The van der Waals surface area contributed by atoms with Crippen LogP contribution in [0.5, 0.6) is 0 Å². The Morgan fingerprint density at radius 3 is 2.74 bits per heavy atom. The summed E-state index contributed by atoms with van der Waals surface area (Å²) in [5.41, 5.74) is 1.93. The monoisotopic (exact) mass is 345 g/mol. The molecule has 1 atom stereocenters. The number of nitrogens with one attached hydrogen (secondary N) is 1. The molecule has 3 aromatic rings. The minimum atomic E-state index is -0.340. The summed E-state index contributed by atoms with van der Waals surface area (Å²) in [6.07, 6.45) is 0. The summed E-state index contributed by atoms with van der Waals surface area (Å²) in [6, 6.07) is 11.5. The summed E-state index contributed by atoms with van der Waals surface area (Å²) in [7, 11) is 0. The number of carbonyl (C=O) groups is 1. The van der Waals surface area contributed by atoms with Crippen LogP contribution >= 0.6 is 23.1 Å². The molecular formula is C16H15N3O2S2. The smallest absolute Gasteiger partial charge is 0.277 e. The summed E-state index contributed by atoms with van der Waals surface area (Å²) >= 11 is 2.78. The van der Waals surface area contributed by atoms with Crippen LogP contribution in [-0.2, 0) is 4.79 Å². The lowest BCUT2D eigenvalue weighted by Gasteiger charge is -2.09. The molecule has 0 saturated heterocycles. The second kappa shape index (κ2) is 6.97. The first-order valence-electron chi connectivity index (χ1n) is 7.03. The molecule has 7 heteroatoms. The van der Waals surface area contributed by atoms with E-state index < -0.39 is 0 Å². The molecule has 1 amide bonds. The predicted molar refractivity (Wildman–Crippen MR) is 92.7 cm³/mol. The standard InChI is InChI=1S/C16H15N3O2S2/c1-10-5-7-12(8-6-10)17-14(20)11(2)23-16-19-18-15(21-16)13-4-3-9-22-13/h3-9,11H,1-2H3,(H,17,20). The summed E-state index contributed by atoms with van der Waals surface area (Å²) in [6.45, 7) is 3.81. The highest BCUT2D eigenvalue weighted by Crippen LogP contribution is 2.28. The molecule has 0 fully saturated rings. The van der Waals surface area contributed by atoms with Gasteiger partial charge in [-0.05, 0) is 37.4 Å². The highest BCUT2D eigenvalue weighted by molar-refractivity contribution is 8.00. The van der Waals surface area contributed by atoms with Gasteiger partial charge in [-0.25, -0.2) is 0 Å². The van der Waals surface area contributed by atoms with Crippen molar-refractivity contribution in [2.24, 2.45) is 0 Å². The van der Waals surface area contributed by atoms with Gasteiger partial charge in [0.05, 0.1) is 10.1 Å². The van der Waals surface area contributed by atoms with Crippen LogP contribution < -0.4 is 5.32 Å². The second-order valence-corrected chi connectivity index (χ2v) is 7.21. The highest BCUT2D eigenvalue weighted by atomic mass is 32.2. The van der Waals surface area contributed by atoms with Gasteiger partial charge in [0.25, 0.3) is 11.1 Å². The number of hydrogen-bond acceptors (Lipinski definition) is 6. The fourth-order valence-corrected chi connectivity index (χ4v) is 3.17. The number of aryl methyl sites for hydroxylation is 1. The van der Waals surface area contributed by atoms with Crippen molar-refractivity contribution >= 4 is 34.7 Å². The van der Waals surface area contributed by atoms with E-state index in [1.807, 2.05) is 55.6 Å². The molecule has 0 spiro atoms. The van der Waals surface area contributed by atoms with Gasteiger partial charge in [-0.15, -0.1) is 21.5 Å². The van der Waals surface area contributed by atoms with Crippen LogP contribution in [0.25, 0.3) is 10.8 Å². The molecule has 0 aliphatic carbocycles. The van der Waals surface area contributed by atoms with E-state index in [-0.39, 0.29) is 11.2 Å². The van der Waals surface area contributed by atoms with Gasteiger partial charge in [-0.1, -0.05) is 35.5 Å². The topological polar surface area (TPSA) is 68.0 Å². The Labute approximate surface area is 142 Å². The molecule has 0 radical (unpaired) electrons. The molecule has 23 heavy (non-hydrogen) atoms. The molecule has 2 aromatic heterocycles. The molecule has 1 N–H and O–H groups in total. The molecule has 0 aliphatic rings. The third-order valence-corrected chi connectivity index (χ3v) is 4.90. The van der Waals surface area contributed by atoms with Gasteiger partial charge in [0.15, 0.2) is 0 Å². The Bertz CT molecular complexity index is 782. The first-order chi connectivity index (χ1) is 11.1. The van der Waals surface area contributed by atoms with Crippen LogP contribution in [0, 0.1) is 6.92 Å². The largest absolute Gasteiger partial charge is 0.410 e. The molecule has 1 aromatic carbocycles. The van der Waals surface area contributed by atoms with Gasteiger partial charge in [0.1, 0.15) is 0 Å². The third kappa shape index (κ3) is 4.00. The number of carbonyl (C=O) groups excluding carboxylic acids is 1. The number of rotatable bonds is 5. The van der Waals surface area contributed by atoms with E-state index in [2.05, 4.69) is 15.5 Å². The van der Waals surface area contributed by atoms with E-state index in [0.29, 0.717) is 11.1 Å². The quantitative estimate of drug-likeness (QED) is 0.701. The SMILES string of the molecule is Cc1ccc(NC(=O)C(C)Sc2nnc(-c3cccs3)o2)cc1. The first-order valence-corrected chi connectivity index (χ1v) is 8.79. The number of amides is 1. The van der Waals surface area contributed by atoms with E-state index in [9.17, 15) is 4.79 Å². The van der Waals surface area contributed by atoms with Gasteiger partial charge in [-0.2, -0.15) is 0 Å². The Morgan fingerprint density at radius 1 is 1.26 bits per heavy atom. The van der Waals surface area contributed by atoms with Crippen LogP contribution in [0.3, 0.4) is 0 Å². The number of thioether (sulfide) groups is 1. The van der Waals surface area contributed by atoms with Crippen LogP contribution in [-0.4, -0.2) is 21.4 Å². The second-order valence-electron chi connectivity index (χ2n) is 4.97. The number of aromatic nitrogens is 2. The van der Waals surface area contributed by atoms with Crippen molar-refractivity contribution in [3.63, 3.8) is 0 Å². The molecule has 2 heterocycles. The van der Waals surface area contributed by atoms with Crippen LogP contribution in [0.4, 0.5) is 5.69 Å². The lowest BCUT2D eigenvalue weighted by molar-refractivity contribution is -0.115. The van der Waals surface area contributed by atoms with Crippen LogP contribution in [0.2, 0.25) is 0 Å². The zero-order valence-electron chi connectivity index (χ0n) is 12.6. The molecule has 0 aliphatic heterocycles. The van der Waals surface area contributed by atoms with Crippen molar-refractivity contribution in [2.75, 3.05) is 5.32 Å². The van der Waals surface area contributed by atoms with Crippen molar-refractivity contribution in [3.05, 3.63) is 47.3 Å². The number of anilines is 1. The third-order valence-electron chi connectivity index (χ3n) is 3.10. The Hall–Kier alpha value is -2.12. The zero-order valence-corrected chi connectivity index (χ0v) is 14.3. The summed E-state index contributed by atoms with van der Waals surface area (Å²) in [5, 5.41) is 12.9. The molecule has 1 unspecified atom stereocenters. The molecule has 3 rings (SSSR count). The minimum absolute atomic E-state index is 0.102. The first kappa shape index (κ1) is 15.8. The number of hydrogen-bond donors (Lipinski definition) is 1. The van der Waals surface area contributed by atoms with Gasteiger partial charge in [0, 0.05) is 5.69 Å². The van der Waals surface area contributed by atoms with Crippen molar-refractivity contribution < 1.29 is 9.21 Å². The Balaban J connectivity index is 1.61. The summed E-state index contributed by atoms with van der Waals surface area (Å²) in [5.74, 6) is 0.378. The average Bonchev–Trinajstić information content (AvgIpc) is 3.20. The van der Waals surface area contributed by atoms with Crippen molar-refractivity contribution in [1.29, 1.82) is 0 Å². The molecular weight excluding hydrogens is 330 g/mol. The van der Waals surface area contributed by atoms with Crippen molar-refractivity contribution in [1.82, 2.24) is 10.2 Å². The van der Waals surface area contributed by atoms with E-state index in [4.69, 9.17) is 4.42 Å². The minimum Gasteiger partial charge on any atom is -0.410 e. The maximum atomic E-state index is 12.2. The lowest BCUT2D eigenvalue weighted by atomic mass is 10.2. The number of benzene rings is 1. The molecule has 0 bridgehead atoms. The van der Waals surface area contributed by atoms with Gasteiger partial charge >= 0.3 is 0 Å². The fraction of sp³-hybridized carbons (Fsp3) is 0.188. The van der Waals surface area contributed by atoms with Crippen LogP contribution in [0.15, 0.2) is 51.4 Å². The lowest BCUT2D eigenvalue weighted by Crippen LogP contribution is -2.22. The molecule has 0 saturated carbocycles. The zero-order chi connectivity index (χ0) is 16.2. The van der Waals surface area contributed by atoms with E-state index in [0.717, 1.165) is 16.1 Å². The number of thiophene rings is 1. The van der Waals surface area contributed by atoms with Gasteiger partial charge < -0.3 is 9.73 Å². The summed E-state index contributed by atoms with van der Waals surface area (Å²) in [4.78, 5) is 13.1. The fourth-order valence-electron chi connectivity index (χ4n) is 1.84. The predicted octanol–water partition coefficient (Wildman–Crippen LogP) is 4.23. The average molecular weight is 345 g/mol. The number of nitrogens with zero attached hydrogens (tertiary/aromatic N) is 2. The maximum absolute atomic E-state index is 12.2. The van der Waals surface area contributed by atoms with Crippen LogP contribution in [0.1, 0.15) is 12.5 Å². The Kier molecular flexibility index (Phi) is 4.78. The van der Waals surface area contributed by atoms with Crippen molar-refractivity contribution in [3.8, 4) is 10.8 Å².